The Bertz CT molecular complexity index is 519. The maximum atomic E-state index is 13.2. The molecule has 0 radical (unpaired) electrons. The fourth-order valence-corrected chi connectivity index (χ4v) is 2.50. The molecule has 1 aliphatic rings. The van der Waals surface area contributed by atoms with Crippen molar-refractivity contribution < 1.29 is 17.6 Å². The second-order valence-corrected chi connectivity index (χ2v) is 4.96. The van der Waals surface area contributed by atoms with Gasteiger partial charge in [0.1, 0.15) is 5.82 Å². The lowest BCUT2D eigenvalue weighted by Crippen LogP contribution is -2.31. The third-order valence-electron chi connectivity index (χ3n) is 3.56. The van der Waals surface area contributed by atoms with E-state index in [2.05, 4.69) is 11.4 Å². The van der Waals surface area contributed by atoms with Crippen LogP contribution in [0.2, 0.25) is 0 Å². The molecule has 2 atom stereocenters. The molecule has 108 valence electrons. The van der Waals surface area contributed by atoms with E-state index in [4.69, 9.17) is 5.26 Å². The molecule has 2 nitrogen and oxygen atoms in total. The first kappa shape index (κ1) is 14.6. The summed E-state index contributed by atoms with van der Waals surface area (Å²) in [5, 5.41) is 12.0. The van der Waals surface area contributed by atoms with Crippen LogP contribution in [-0.4, -0.2) is 6.04 Å². The van der Waals surface area contributed by atoms with E-state index in [0.29, 0.717) is 0 Å². The molecule has 1 fully saturated rings. The average molecular weight is 286 g/mol. The van der Waals surface area contributed by atoms with E-state index < -0.39 is 17.6 Å². The maximum absolute atomic E-state index is 13.2. The molecule has 20 heavy (non-hydrogen) atoms. The lowest BCUT2D eigenvalue weighted by molar-refractivity contribution is -0.139. The van der Waals surface area contributed by atoms with Crippen LogP contribution in [0, 0.1) is 23.1 Å². The van der Waals surface area contributed by atoms with E-state index in [1.54, 1.807) is 0 Å². The smallest absolute Gasteiger partial charge is 0.381 e. The molecule has 0 bridgehead atoms. The third kappa shape index (κ3) is 3.21. The highest BCUT2D eigenvalue weighted by molar-refractivity contribution is 5.48. The second kappa shape index (κ2) is 5.70. The number of anilines is 1. The van der Waals surface area contributed by atoms with Crippen molar-refractivity contribution in [3.05, 3.63) is 29.6 Å². The molecular formula is C14H14F4N2. The van der Waals surface area contributed by atoms with Gasteiger partial charge in [0, 0.05) is 11.7 Å². The van der Waals surface area contributed by atoms with E-state index in [0.717, 1.165) is 37.8 Å². The number of nitrogens with zero attached hydrogens (tertiary/aromatic N) is 1. The van der Waals surface area contributed by atoms with Crippen molar-refractivity contribution in [1.82, 2.24) is 0 Å². The highest BCUT2D eigenvalue weighted by atomic mass is 19.4. The quantitative estimate of drug-likeness (QED) is 0.821. The van der Waals surface area contributed by atoms with Crippen molar-refractivity contribution >= 4 is 5.69 Å². The van der Waals surface area contributed by atoms with Crippen molar-refractivity contribution in [2.24, 2.45) is 5.92 Å². The number of rotatable bonds is 2. The van der Waals surface area contributed by atoms with Crippen LogP contribution in [0.3, 0.4) is 0 Å². The van der Waals surface area contributed by atoms with Crippen LogP contribution in [-0.2, 0) is 6.18 Å². The van der Waals surface area contributed by atoms with Gasteiger partial charge in [0.2, 0.25) is 0 Å². The predicted octanol–water partition coefficient (Wildman–Crippen LogP) is 4.34. The van der Waals surface area contributed by atoms with Crippen LogP contribution < -0.4 is 5.32 Å². The number of alkyl halides is 3. The standard InChI is InChI=1S/C14H14F4N2/c15-12-6-5-10(7-11(12)14(16,17)18)20-13-4-2-1-3-9(13)8-19/h5-7,9,13,20H,1-4H2. The van der Waals surface area contributed by atoms with Gasteiger partial charge in [-0.15, -0.1) is 0 Å². The summed E-state index contributed by atoms with van der Waals surface area (Å²) in [6.45, 7) is 0. The molecule has 0 spiro atoms. The van der Waals surface area contributed by atoms with Gasteiger partial charge in [-0.1, -0.05) is 12.8 Å². The van der Waals surface area contributed by atoms with Gasteiger partial charge in [-0.3, -0.25) is 0 Å². The Kier molecular flexibility index (Phi) is 4.17. The monoisotopic (exact) mass is 286 g/mol. The minimum atomic E-state index is -4.72. The number of nitrogens with one attached hydrogen (secondary N) is 1. The summed E-state index contributed by atoms with van der Waals surface area (Å²) in [6, 6.07) is 4.83. The molecule has 1 aromatic rings. The lowest BCUT2D eigenvalue weighted by Gasteiger charge is -2.28. The molecule has 0 amide bonds. The van der Waals surface area contributed by atoms with Gasteiger partial charge in [0.25, 0.3) is 0 Å². The summed E-state index contributed by atoms with van der Waals surface area (Å²) in [7, 11) is 0. The molecule has 1 aliphatic carbocycles. The van der Waals surface area contributed by atoms with Gasteiger partial charge in [0.15, 0.2) is 0 Å². The zero-order valence-corrected chi connectivity index (χ0v) is 10.7. The average Bonchev–Trinajstić information content (AvgIpc) is 2.40. The molecule has 2 unspecified atom stereocenters. The SMILES string of the molecule is N#CC1CCCCC1Nc1ccc(F)c(C(F)(F)F)c1. The van der Waals surface area contributed by atoms with E-state index in [1.165, 1.54) is 6.07 Å². The van der Waals surface area contributed by atoms with Crippen LogP contribution in [0.15, 0.2) is 18.2 Å². The maximum Gasteiger partial charge on any atom is 0.419 e. The second-order valence-electron chi connectivity index (χ2n) is 4.96. The largest absolute Gasteiger partial charge is 0.419 e. The van der Waals surface area contributed by atoms with Crippen molar-refractivity contribution in [3.63, 3.8) is 0 Å². The van der Waals surface area contributed by atoms with Crippen LogP contribution in [0.5, 0.6) is 0 Å². The normalized spacial score (nSPS) is 23.1. The third-order valence-corrected chi connectivity index (χ3v) is 3.56. The molecule has 1 N–H and O–H groups in total. The number of halogens is 4. The van der Waals surface area contributed by atoms with Crippen molar-refractivity contribution in [2.75, 3.05) is 5.32 Å². The van der Waals surface area contributed by atoms with Crippen molar-refractivity contribution in [2.45, 2.75) is 37.9 Å². The first-order valence-electron chi connectivity index (χ1n) is 6.44. The van der Waals surface area contributed by atoms with Crippen LogP contribution >= 0.6 is 0 Å². The van der Waals surface area contributed by atoms with E-state index in [1.807, 2.05) is 0 Å². The predicted molar refractivity (Wildman–Crippen MR) is 66.4 cm³/mol. The van der Waals surface area contributed by atoms with Gasteiger partial charge < -0.3 is 5.32 Å². The summed E-state index contributed by atoms with van der Waals surface area (Å²) in [6.07, 6.45) is -1.36. The van der Waals surface area contributed by atoms with Gasteiger partial charge in [-0.25, -0.2) is 4.39 Å². The van der Waals surface area contributed by atoms with E-state index >= 15 is 0 Å². The van der Waals surface area contributed by atoms with Gasteiger partial charge in [0.05, 0.1) is 17.6 Å². The minimum absolute atomic E-state index is 0.180. The van der Waals surface area contributed by atoms with E-state index in [-0.39, 0.29) is 17.6 Å². The molecule has 2 rings (SSSR count). The Labute approximate surface area is 114 Å². The summed E-state index contributed by atoms with van der Waals surface area (Å²) < 4.78 is 51.1. The highest BCUT2D eigenvalue weighted by Crippen LogP contribution is 2.34. The number of benzene rings is 1. The summed E-state index contributed by atoms with van der Waals surface area (Å²) in [5.74, 6) is -1.51. The Balaban J connectivity index is 2.20. The van der Waals surface area contributed by atoms with Crippen molar-refractivity contribution in [1.29, 1.82) is 5.26 Å². The zero-order chi connectivity index (χ0) is 14.8. The molecule has 1 saturated carbocycles. The Hall–Kier alpha value is -1.77. The van der Waals surface area contributed by atoms with Crippen LogP contribution in [0.4, 0.5) is 23.2 Å². The van der Waals surface area contributed by atoms with Gasteiger partial charge >= 0.3 is 6.18 Å². The Morgan fingerprint density at radius 1 is 1.20 bits per heavy atom. The molecule has 1 aromatic carbocycles. The minimum Gasteiger partial charge on any atom is -0.381 e. The van der Waals surface area contributed by atoms with Crippen molar-refractivity contribution in [3.8, 4) is 6.07 Å². The molecule has 0 aromatic heterocycles. The summed E-state index contributed by atoms with van der Waals surface area (Å²) >= 11 is 0. The molecule has 0 heterocycles. The first-order valence-corrected chi connectivity index (χ1v) is 6.44. The zero-order valence-electron chi connectivity index (χ0n) is 10.7. The fourth-order valence-electron chi connectivity index (χ4n) is 2.50. The molecular weight excluding hydrogens is 272 g/mol. The number of hydrogen-bond donors (Lipinski definition) is 1. The fraction of sp³-hybridized carbons (Fsp3) is 0.500. The van der Waals surface area contributed by atoms with Crippen LogP contribution in [0.25, 0.3) is 0 Å². The molecule has 6 heteroatoms. The lowest BCUT2D eigenvalue weighted by atomic mass is 9.85. The summed E-state index contributed by atoms with van der Waals surface area (Å²) in [4.78, 5) is 0. The Morgan fingerprint density at radius 2 is 1.90 bits per heavy atom. The topological polar surface area (TPSA) is 35.8 Å². The number of nitriles is 1. The molecule has 0 aliphatic heterocycles. The first-order chi connectivity index (χ1) is 9.41. The van der Waals surface area contributed by atoms with Gasteiger partial charge in [-0.2, -0.15) is 18.4 Å². The number of hydrogen-bond acceptors (Lipinski definition) is 2. The Morgan fingerprint density at radius 3 is 2.55 bits per heavy atom. The van der Waals surface area contributed by atoms with E-state index in [9.17, 15) is 17.6 Å². The summed E-state index contributed by atoms with van der Waals surface area (Å²) in [5.41, 5.74) is -1.09. The van der Waals surface area contributed by atoms with Crippen LogP contribution in [0.1, 0.15) is 31.2 Å². The highest BCUT2D eigenvalue weighted by Gasteiger charge is 2.34. The van der Waals surface area contributed by atoms with Gasteiger partial charge in [-0.05, 0) is 31.0 Å². The molecule has 0 saturated heterocycles.